The number of ether oxygens (including phenoxy) is 1. The lowest BCUT2D eigenvalue weighted by atomic mass is 9.88. The SMILES string of the molecule is CC1CCCCC1OCCN(C)CC(=O)Nc1ccccc1. The van der Waals surface area contributed by atoms with E-state index < -0.39 is 0 Å². The molecule has 1 amide bonds. The van der Waals surface area contributed by atoms with Crippen LogP contribution in [0.15, 0.2) is 30.3 Å². The summed E-state index contributed by atoms with van der Waals surface area (Å²) < 4.78 is 5.99. The van der Waals surface area contributed by atoms with Crippen molar-refractivity contribution in [3.8, 4) is 0 Å². The van der Waals surface area contributed by atoms with E-state index >= 15 is 0 Å². The number of benzene rings is 1. The number of hydrogen-bond acceptors (Lipinski definition) is 3. The lowest BCUT2D eigenvalue weighted by Crippen LogP contribution is -2.34. The molecule has 1 aliphatic rings. The molecular formula is C18H28N2O2. The Morgan fingerprint density at radius 2 is 2.00 bits per heavy atom. The van der Waals surface area contributed by atoms with Crippen LogP contribution in [0, 0.1) is 5.92 Å². The Morgan fingerprint density at radius 3 is 2.73 bits per heavy atom. The van der Waals surface area contributed by atoms with Gasteiger partial charge in [0, 0.05) is 12.2 Å². The summed E-state index contributed by atoms with van der Waals surface area (Å²) in [6, 6.07) is 9.55. The molecule has 4 heteroatoms. The number of hydrogen-bond donors (Lipinski definition) is 1. The zero-order valence-corrected chi connectivity index (χ0v) is 13.8. The Balaban J connectivity index is 1.62. The number of para-hydroxylation sites is 1. The van der Waals surface area contributed by atoms with Gasteiger partial charge in [0.05, 0.1) is 19.3 Å². The normalized spacial score (nSPS) is 21.8. The summed E-state index contributed by atoms with van der Waals surface area (Å²) in [5.41, 5.74) is 0.841. The lowest BCUT2D eigenvalue weighted by molar-refractivity contribution is -0.117. The van der Waals surface area contributed by atoms with Gasteiger partial charge >= 0.3 is 0 Å². The Morgan fingerprint density at radius 1 is 1.27 bits per heavy atom. The molecule has 2 unspecified atom stereocenters. The second-order valence-corrected chi connectivity index (χ2v) is 6.32. The van der Waals surface area contributed by atoms with E-state index in [0.717, 1.165) is 12.2 Å². The van der Waals surface area contributed by atoms with E-state index in [-0.39, 0.29) is 5.91 Å². The van der Waals surface area contributed by atoms with Crippen LogP contribution in [-0.2, 0) is 9.53 Å². The third kappa shape index (κ3) is 5.78. The van der Waals surface area contributed by atoms with Crippen molar-refractivity contribution in [2.45, 2.75) is 38.7 Å². The van der Waals surface area contributed by atoms with Crippen LogP contribution in [0.25, 0.3) is 0 Å². The molecule has 0 bridgehead atoms. The fourth-order valence-electron chi connectivity index (χ4n) is 2.94. The van der Waals surface area contributed by atoms with Crippen LogP contribution in [0.4, 0.5) is 5.69 Å². The van der Waals surface area contributed by atoms with Gasteiger partial charge in [-0.2, -0.15) is 0 Å². The molecule has 22 heavy (non-hydrogen) atoms. The van der Waals surface area contributed by atoms with Crippen molar-refractivity contribution in [1.29, 1.82) is 0 Å². The van der Waals surface area contributed by atoms with E-state index in [0.29, 0.717) is 25.2 Å². The van der Waals surface area contributed by atoms with Crippen LogP contribution < -0.4 is 5.32 Å². The minimum absolute atomic E-state index is 0.0136. The Kier molecular flexibility index (Phi) is 6.87. The first-order chi connectivity index (χ1) is 10.6. The first-order valence-corrected chi connectivity index (χ1v) is 8.30. The number of amides is 1. The van der Waals surface area contributed by atoms with Crippen LogP contribution in [0.2, 0.25) is 0 Å². The Hall–Kier alpha value is -1.39. The fraction of sp³-hybridized carbons (Fsp3) is 0.611. The van der Waals surface area contributed by atoms with E-state index in [2.05, 4.69) is 12.2 Å². The van der Waals surface area contributed by atoms with E-state index in [1.807, 2.05) is 42.3 Å². The molecule has 1 N–H and O–H groups in total. The molecule has 0 heterocycles. The van der Waals surface area contributed by atoms with Crippen LogP contribution in [0.5, 0.6) is 0 Å². The highest BCUT2D eigenvalue weighted by Crippen LogP contribution is 2.26. The van der Waals surface area contributed by atoms with Gasteiger partial charge in [0.25, 0.3) is 0 Å². The molecule has 2 atom stereocenters. The third-order valence-corrected chi connectivity index (χ3v) is 4.31. The maximum absolute atomic E-state index is 11.9. The van der Waals surface area contributed by atoms with Crippen LogP contribution in [-0.4, -0.2) is 43.7 Å². The van der Waals surface area contributed by atoms with Crippen molar-refractivity contribution in [2.75, 3.05) is 32.1 Å². The predicted molar refractivity (Wildman–Crippen MR) is 89.9 cm³/mol. The maximum Gasteiger partial charge on any atom is 0.238 e. The number of nitrogens with one attached hydrogen (secondary N) is 1. The molecule has 0 radical (unpaired) electrons. The number of likely N-dealkylation sites (N-methyl/N-ethyl adjacent to an activating group) is 1. The molecule has 1 saturated carbocycles. The highest BCUT2D eigenvalue weighted by atomic mass is 16.5. The molecule has 122 valence electrons. The smallest absolute Gasteiger partial charge is 0.238 e. The molecule has 0 saturated heterocycles. The topological polar surface area (TPSA) is 41.6 Å². The highest BCUT2D eigenvalue weighted by molar-refractivity contribution is 5.92. The van der Waals surface area contributed by atoms with Gasteiger partial charge in [-0.15, -0.1) is 0 Å². The lowest BCUT2D eigenvalue weighted by Gasteiger charge is -2.29. The molecule has 1 aromatic rings. The predicted octanol–water partition coefficient (Wildman–Crippen LogP) is 3.15. The van der Waals surface area contributed by atoms with Crippen molar-refractivity contribution >= 4 is 11.6 Å². The molecule has 0 spiro atoms. The molecule has 0 aromatic heterocycles. The summed E-state index contributed by atoms with van der Waals surface area (Å²) >= 11 is 0. The standard InChI is InChI=1S/C18H28N2O2/c1-15-8-6-7-11-17(15)22-13-12-20(2)14-18(21)19-16-9-4-3-5-10-16/h3-5,9-10,15,17H,6-8,11-14H2,1-2H3,(H,19,21). The largest absolute Gasteiger partial charge is 0.377 e. The first-order valence-electron chi connectivity index (χ1n) is 8.30. The molecule has 2 rings (SSSR count). The van der Waals surface area contributed by atoms with E-state index in [4.69, 9.17) is 4.74 Å². The summed E-state index contributed by atoms with van der Waals surface area (Å²) in [5.74, 6) is 0.681. The number of rotatable bonds is 7. The van der Waals surface area contributed by atoms with Crippen LogP contribution in [0.3, 0.4) is 0 Å². The Bertz CT molecular complexity index is 450. The molecule has 4 nitrogen and oxygen atoms in total. The highest BCUT2D eigenvalue weighted by Gasteiger charge is 2.21. The van der Waals surface area contributed by atoms with Gasteiger partial charge in [0.15, 0.2) is 0 Å². The van der Waals surface area contributed by atoms with E-state index in [1.165, 1.54) is 25.7 Å². The van der Waals surface area contributed by atoms with Crippen molar-refractivity contribution in [1.82, 2.24) is 4.90 Å². The number of nitrogens with zero attached hydrogens (tertiary/aromatic N) is 1. The summed E-state index contributed by atoms with van der Waals surface area (Å²) in [7, 11) is 1.96. The minimum atomic E-state index is 0.0136. The third-order valence-electron chi connectivity index (χ3n) is 4.31. The summed E-state index contributed by atoms with van der Waals surface area (Å²) in [5, 5.41) is 2.90. The minimum Gasteiger partial charge on any atom is -0.377 e. The molecule has 1 aromatic carbocycles. The van der Waals surface area contributed by atoms with Crippen molar-refractivity contribution in [2.24, 2.45) is 5.92 Å². The molecular weight excluding hydrogens is 276 g/mol. The first kappa shape index (κ1) is 17.0. The quantitative estimate of drug-likeness (QED) is 0.841. The van der Waals surface area contributed by atoms with Gasteiger partial charge < -0.3 is 10.1 Å². The van der Waals surface area contributed by atoms with Crippen molar-refractivity contribution in [3.05, 3.63) is 30.3 Å². The maximum atomic E-state index is 11.9. The Labute approximate surface area is 133 Å². The fourth-order valence-corrected chi connectivity index (χ4v) is 2.94. The van der Waals surface area contributed by atoms with Gasteiger partial charge in [-0.25, -0.2) is 0 Å². The molecule has 0 aliphatic heterocycles. The van der Waals surface area contributed by atoms with E-state index in [1.54, 1.807) is 0 Å². The van der Waals surface area contributed by atoms with Gasteiger partial charge in [-0.1, -0.05) is 38.0 Å². The monoisotopic (exact) mass is 304 g/mol. The van der Waals surface area contributed by atoms with Crippen LogP contribution in [0.1, 0.15) is 32.6 Å². The number of anilines is 1. The second-order valence-electron chi connectivity index (χ2n) is 6.32. The number of carbonyl (C=O) groups is 1. The molecule has 1 fully saturated rings. The van der Waals surface area contributed by atoms with Gasteiger partial charge in [0.1, 0.15) is 0 Å². The van der Waals surface area contributed by atoms with E-state index in [9.17, 15) is 4.79 Å². The summed E-state index contributed by atoms with van der Waals surface area (Å²) in [6.45, 7) is 4.15. The number of carbonyl (C=O) groups excluding carboxylic acids is 1. The van der Waals surface area contributed by atoms with Crippen molar-refractivity contribution < 1.29 is 9.53 Å². The summed E-state index contributed by atoms with van der Waals surface area (Å²) in [4.78, 5) is 14.0. The second kappa shape index (κ2) is 8.91. The van der Waals surface area contributed by atoms with Crippen LogP contribution >= 0.6 is 0 Å². The summed E-state index contributed by atoms with van der Waals surface area (Å²) in [6.07, 6.45) is 5.48. The van der Waals surface area contributed by atoms with Crippen molar-refractivity contribution in [3.63, 3.8) is 0 Å². The van der Waals surface area contributed by atoms with Gasteiger partial charge in [0.2, 0.25) is 5.91 Å². The zero-order valence-electron chi connectivity index (χ0n) is 13.8. The van der Waals surface area contributed by atoms with Gasteiger partial charge in [-0.05, 0) is 37.9 Å². The average molecular weight is 304 g/mol. The molecule has 1 aliphatic carbocycles. The zero-order chi connectivity index (χ0) is 15.8. The van der Waals surface area contributed by atoms with Gasteiger partial charge in [-0.3, -0.25) is 9.69 Å². The average Bonchev–Trinajstić information content (AvgIpc) is 2.50.